The van der Waals surface area contributed by atoms with Crippen molar-refractivity contribution in [2.75, 3.05) is 26.3 Å². The molecule has 1 aliphatic rings. The van der Waals surface area contributed by atoms with Crippen LogP contribution in [0.4, 0.5) is 0 Å². The first-order valence-corrected chi connectivity index (χ1v) is 10.2. The molecule has 142 valence electrons. The smallest absolute Gasteiger partial charge is 0.246 e. The van der Waals surface area contributed by atoms with Crippen molar-refractivity contribution >= 4 is 10.0 Å². The molecule has 0 aliphatic carbocycles. The molecule has 1 fully saturated rings. The lowest BCUT2D eigenvalue weighted by atomic mass is 10.1. The van der Waals surface area contributed by atoms with Crippen molar-refractivity contribution in [2.45, 2.75) is 37.3 Å². The van der Waals surface area contributed by atoms with E-state index in [1.807, 2.05) is 19.1 Å². The quantitative estimate of drug-likeness (QED) is 0.646. The maximum Gasteiger partial charge on any atom is 0.246 e. The normalized spacial score (nSPS) is 16.7. The number of rotatable bonds is 8. The van der Waals surface area contributed by atoms with Crippen LogP contribution in [0.5, 0.6) is 5.75 Å². The zero-order valence-electron chi connectivity index (χ0n) is 14.8. The Morgan fingerprint density at radius 2 is 2.04 bits per heavy atom. The van der Waals surface area contributed by atoms with Gasteiger partial charge in [-0.3, -0.25) is 9.67 Å². The molecule has 2 aromatic heterocycles. The highest BCUT2D eigenvalue weighted by molar-refractivity contribution is 7.89. The number of piperidine rings is 1. The monoisotopic (exact) mass is 380 g/mol. The van der Waals surface area contributed by atoms with Crippen LogP contribution in [0.3, 0.4) is 0 Å². The largest absolute Gasteiger partial charge is 0.490 e. The van der Waals surface area contributed by atoms with E-state index in [2.05, 4.69) is 10.1 Å². The van der Waals surface area contributed by atoms with Gasteiger partial charge >= 0.3 is 0 Å². The van der Waals surface area contributed by atoms with Crippen LogP contribution >= 0.6 is 0 Å². The first kappa shape index (κ1) is 18.8. The third kappa shape index (κ3) is 4.60. The van der Waals surface area contributed by atoms with Crippen molar-refractivity contribution in [3.8, 4) is 5.75 Å². The molecule has 0 atom stereocenters. The molecule has 0 unspecified atom stereocenters. The van der Waals surface area contributed by atoms with E-state index in [4.69, 9.17) is 9.47 Å². The lowest BCUT2D eigenvalue weighted by Crippen LogP contribution is -2.41. The molecule has 1 aliphatic heterocycles. The zero-order valence-corrected chi connectivity index (χ0v) is 15.6. The summed E-state index contributed by atoms with van der Waals surface area (Å²) in [6, 6.07) is 3.66. The van der Waals surface area contributed by atoms with Crippen LogP contribution in [0.25, 0.3) is 0 Å². The van der Waals surface area contributed by atoms with Crippen molar-refractivity contribution in [1.29, 1.82) is 0 Å². The Kier molecular flexibility index (Phi) is 6.23. The third-order valence-corrected chi connectivity index (χ3v) is 6.16. The Balaban J connectivity index is 1.42. The van der Waals surface area contributed by atoms with Crippen LogP contribution in [-0.4, -0.2) is 59.9 Å². The molecule has 2 aromatic rings. The molecule has 3 heterocycles. The van der Waals surface area contributed by atoms with Gasteiger partial charge in [0.05, 0.1) is 25.1 Å². The molecule has 0 radical (unpaired) electrons. The molecule has 0 amide bonds. The SMILES string of the molecule is CCn1cc(S(=O)(=O)N2CCC(OCCOc3cccnc3)CC2)cn1. The highest BCUT2D eigenvalue weighted by Crippen LogP contribution is 2.21. The third-order valence-electron chi connectivity index (χ3n) is 4.31. The lowest BCUT2D eigenvalue weighted by Gasteiger charge is -2.30. The number of pyridine rings is 1. The fourth-order valence-electron chi connectivity index (χ4n) is 2.85. The summed E-state index contributed by atoms with van der Waals surface area (Å²) in [4.78, 5) is 4.24. The zero-order chi connectivity index (χ0) is 18.4. The van der Waals surface area contributed by atoms with Crippen molar-refractivity contribution in [3.05, 3.63) is 36.9 Å². The molecule has 0 bridgehead atoms. The highest BCUT2D eigenvalue weighted by Gasteiger charge is 2.30. The van der Waals surface area contributed by atoms with Gasteiger partial charge in [0, 0.05) is 32.0 Å². The van der Waals surface area contributed by atoms with Gasteiger partial charge in [-0.1, -0.05) is 0 Å². The second-order valence-electron chi connectivity index (χ2n) is 6.04. The van der Waals surface area contributed by atoms with E-state index >= 15 is 0 Å². The summed E-state index contributed by atoms with van der Waals surface area (Å²) in [5.74, 6) is 0.713. The fraction of sp³-hybridized carbons (Fsp3) is 0.529. The topological polar surface area (TPSA) is 86.6 Å². The van der Waals surface area contributed by atoms with Crippen LogP contribution in [0.2, 0.25) is 0 Å². The highest BCUT2D eigenvalue weighted by atomic mass is 32.2. The molecule has 8 nitrogen and oxygen atoms in total. The van der Waals surface area contributed by atoms with Crippen molar-refractivity contribution in [3.63, 3.8) is 0 Å². The summed E-state index contributed by atoms with van der Waals surface area (Å²) in [5, 5.41) is 4.05. The number of aromatic nitrogens is 3. The Bertz CT molecular complexity index is 786. The second kappa shape index (κ2) is 8.61. The maximum absolute atomic E-state index is 12.6. The van der Waals surface area contributed by atoms with Gasteiger partial charge in [-0.15, -0.1) is 0 Å². The molecule has 0 aromatic carbocycles. The van der Waals surface area contributed by atoms with Gasteiger partial charge < -0.3 is 9.47 Å². The van der Waals surface area contributed by atoms with Crippen molar-refractivity contribution in [2.24, 2.45) is 0 Å². The Hall–Kier alpha value is -1.97. The molecule has 1 saturated heterocycles. The Labute approximate surface area is 153 Å². The predicted octanol–water partition coefficient (Wildman–Crippen LogP) is 1.55. The van der Waals surface area contributed by atoms with Gasteiger partial charge in [0.1, 0.15) is 17.3 Å². The van der Waals surface area contributed by atoms with E-state index in [0.717, 1.165) is 0 Å². The number of sulfonamides is 1. The summed E-state index contributed by atoms with van der Waals surface area (Å²) in [5.41, 5.74) is 0. The molecule has 3 rings (SSSR count). The predicted molar refractivity (Wildman–Crippen MR) is 95.4 cm³/mol. The van der Waals surface area contributed by atoms with Gasteiger partial charge in [-0.2, -0.15) is 9.40 Å². The van der Waals surface area contributed by atoms with E-state index in [0.29, 0.717) is 51.4 Å². The number of aryl methyl sites for hydroxylation is 1. The number of ether oxygens (including phenoxy) is 2. The second-order valence-corrected chi connectivity index (χ2v) is 7.98. The molecule has 0 saturated carbocycles. The van der Waals surface area contributed by atoms with Gasteiger partial charge in [-0.05, 0) is 31.9 Å². The molecule has 9 heteroatoms. The van der Waals surface area contributed by atoms with Crippen LogP contribution in [-0.2, 0) is 21.3 Å². The molecular formula is C17H24N4O4S. The van der Waals surface area contributed by atoms with Gasteiger partial charge in [0.2, 0.25) is 10.0 Å². The van der Waals surface area contributed by atoms with Crippen LogP contribution in [0.1, 0.15) is 19.8 Å². The number of nitrogens with zero attached hydrogens (tertiary/aromatic N) is 4. The average molecular weight is 380 g/mol. The summed E-state index contributed by atoms with van der Waals surface area (Å²) >= 11 is 0. The van der Waals surface area contributed by atoms with E-state index in [9.17, 15) is 8.42 Å². The van der Waals surface area contributed by atoms with Crippen LogP contribution in [0.15, 0.2) is 41.8 Å². The summed E-state index contributed by atoms with van der Waals surface area (Å²) in [6.07, 6.45) is 7.74. The number of hydrogen-bond acceptors (Lipinski definition) is 6. The Morgan fingerprint density at radius 3 is 2.69 bits per heavy atom. The number of hydrogen-bond donors (Lipinski definition) is 0. The van der Waals surface area contributed by atoms with Crippen molar-refractivity contribution in [1.82, 2.24) is 19.1 Å². The summed E-state index contributed by atoms with van der Waals surface area (Å²) < 4.78 is 39.8. The van der Waals surface area contributed by atoms with Gasteiger partial charge in [0.15, 0.2) is 0 Å². The van der Waals surface area contributed by atoms with E-state index in [-0.39, 0.29) is 11.0 Å². The summed E-state index contributed by atoms with van der Waals surface area (Å²) in [7, 11) is -3.47. The lowest BCUT2D eigenvalue weighted by molar-refractivity contribution is 0.00696. The van der Waals surface area contributed by atoms with Gasteiger partial charge in [-0.25, -0.2) is 8.42 Å². The van der Waals surface area contributed by atoms with Crippen LogP contribution in [0, 0.1) is 0 Å². The minimum atomic E-state index is -3.47. The molecule has 0 spiro atoms. The minimum absolute atomic E-state index is 0.0531. The maximum atomic E-state index is 12.6. The molecule has 26 heavy (non-hydrogen) atoms. The van der Waals surface area contributed by atoms with Gasteiger partial charge in [0.25, 0.3) is 0 Å². The average Bonchev–Trinajstić information content (AvgIpc) is 3.17. The molecule has 0 N–H and O–H groups in total. The minimum Gasteiger partial charge on any atom is -0.490 e. The molecular weight excluding hydrogens is 356 g/mol. The van der Waals surface area contributed by atoms with E-state index in [1.165, 1.54) is 10.5 Å². The fourth-order valence-corrected chi connectivity index (χ4v) is 4.27. The van der Waals surface area contributed by atoms with Crippen molar-refractivity contribution < 1.29 is 17.9 Å². The van der Waals surface area contributed by atoms with E-state index in [1.54, 1.807) is 23.3 Å². The first-order chi connectivity index (χ1) is 12.6. The first-order valence-electron chi connectivity index (χ1n) is 8.76. The Morgan fingerprint density at radius 1 is 1.23 bits per heavy atom. The summed E-state index contributed by atoms with van der Waals surface area (Å²) in [6.45, 7) is 4.38. The van der Waals surface area contributed by atoms with E-state index < -0.39 is 10.0 Å². The van der Waals surface area contributed by atoms with Crippen LogP contribution < -0.4 is 4.74 Å². The standard InChI is InChI=1S/C17H24N4O4S/c1-2-20-14-17(13-19-20)26(22,23)21-8-5-15(6-9-21)24-10-11-25-16-4-3-7-18-12-16/h3-4,7,12-15H,2,5-6,8-11H2,1H3.